The summed E-state index contributed by atoms with van der Waals surface area (Å²) in [6.07, 6.45) is 0. The van der Waals surface area contributed by atoms with Gasteiger partial charge in [-0.3, -0.25) is 9.89 Å². The first-order valence-electron chi connectivity index (χ1n) is 4.93. The van der Waals surface area contributed by atoms with Gasteiger partial charge in [0.15, 0.2) is 5.78 Å². The van der Waals surface area contributed by atoms with Crippen molar-refractivity contribution < 1.29 is 4.79 Å². The molecule has 1 aromatic heterocycles. The zero-order chi connectivity index (χ0) is 12.4. The van der Waals surface area contributed by atoms with E-state index >= 15 is 0 Å². The van der Waals surface area contributed by atoms with E-state index in [-0.39, 0.29) is 5.78 Å². The van der Waals surface area contributed by atoms with Gasteiger partial charge in [-0.2, -0.15) is 0 Å². The number of aryl methyl sites for hydroxylation is 1. The fraction of sp³-hybridized carbons (Fsp3) is 0.182. The molecule has 2 rings (SSSR count). The molecule has 0 bridgehead atoms. The normalized spacial score (nSPS) is 10.5. The molecule has 0 saturated carbocycles. The Morgan fingerprint density at radius 3 is 2.82 bits per heavy atom. The van der Waals surface area contributed by atoms with E-state index in [0.29, 0.717) is 10.7 Å². The van der Waals surface area contributed by atoms with E-state index in [2.05, 4.69) is 31.1 Å². The SMILES string of the molecule is CC(=O)c1cc(Br)ccc1Sc1n[nH]c(C)n1. The minimum Gasteiger partial charge on any atom is -0.294 e. The second-order valence-corrected chi connectivity index (χ2v) is 5.43. The number of aromatic nitrogens is 3. The molecule has 88 valence electrons. The van der Waals surface area contributed by atoms with E-state index in [0.717, 1.165) is 15.2 Å². The fourth-order valence-corrected chi connectivity index (χ4v) is 2.61. The minimum atomic E-state index is 0.0288. The summed E-state index contributed by atoms with van der Waals surface area (Å²) in [5.41, 5.74) is 0.673. The van der Waals surface area contributed by atoms with E-state index in [1.807, 2.05) is 25.1 Å². The predicted molar refractivity (Wildman–Crippen MR) is 69.4 cm³/mol. The molecule has 0 fully saturated rings. The lowest BCUT2D eigenvalue weighted by Gasteiger charge is -2.04. The molecule has 0 radical (unpaired) electrons. The molecule has 0 aliphatic heterocycles. The lowest BCUT2D eigenvalue weighted by atomic mass is 10.1. The molecule has 0 aliphatic rings. The van der Waals surface area contributed by atoms with Gasteiger partial charge < -0.3 is 0 Å². The van der Waals surface area contributed by atoms with Crippen LogP contribution in [0.15, 0.2) is 32.7 Å². The van der Waals surface area contributed by atoms with Crippen LogP contribution in [0.4, 0.5) is 0 Å². The topological polar surface area (TPSA) is 58.6 Å². The number of halogens is 1. The van der Waals surface area contributed by atoms with E-state index in [1.54, 1.807) is 6.92 Å². The Labute approximate surface area is 111 Å². The molecule has 2 aromatic rings. The number of nitrogens with one attached hydrogen (secondary N) is 1. The number of aromatic amines is 1. The number of carbonyl (C=O) groups excluding carboxylic acids is 1. The highest BCUT2D eigenvalue weighted by atomic mass is 79.9. The van der Waals surface area contributed by atoms with Crippen LogP contribution in [0.3, 0.4) is 0 Å². The van der Waals surface area contributed by atoms with Gasteiger partial charge in [-0.25, -0.2) is 4.98 Å². The number of Topliss-reactive ketones (excluding diaryl/α,β-unsaturated/α-hetero) is 1. The second-order valence-electron chi connectivity index (χ2n) is 3.50. The van der Waals surface area contributed by atoms with Crippen LogP contribution >= 0.6 is 27.7 Å². The van der Waals surface area contributed by atoms with Gasteiger partial charge in [0, 0.05) is 14.9 Å². The summed E-state index contributed by atoms with van der Waals surface area (Å²) in [5, 5.41) is 7.43. The fourth-order valence-electron chi connectivity index (χ4n) is 1.33. The van der Waals surface area contributed by atoms with E-state index in [9.17, 15) is 4.79 Å². The monoisotopic (exact) mass is 311 g/mol. The van der Waals surface area contributed by atoms with Gasteiger partial charge in [0.25, 0.3) is 0 Å². The van der Waals surface area contributed by atoms with Gasteiger partial charge in [0.1, 0.15) is 5.82 Å². The summed E-state index contributed by atoms with van der Waals surface area (Å²) < 4.78 is 0.887. The second kappa shape index (κ2) is 5.01. The number of benzene rings is 1. The van der Waals surface area contributed by atoms with Crippen molar-refractivity contribution in [3.63, 3.8) is 0 Å². The molecule has 0 aliphatic carbocycles. The van der Waals surface area contributed by atoms with Crippen LogP contribution in [0.5, 0.6) is 0 Å². The van der Waals surface area contributed by atoms with Gasteiger partial charge in [-0.15, -0.1) is 5.10 Å². The standard InChI is InChI=1S/C11H10BrN3OS/c1-6(16)9-5-8(12)3-4-10(9)17-11-13-7(2)14-15-11/h3-5H,1-2H3,(H,13,14,15). The van der Waals surface area contributed by atoms with Crippen LogP contribution < -0.4 is 0 Å². The molecule has 0 atom stereocenters. The van der Waals surface area contributed by atoms with Crippen molar-refractivity contribution in [1.29, 1.82) is 0 Å². The quantitative estimate of drug-likeness (QED) is 0.884. The Kier molecular flexibility index (Phi) is 3.63. The number of rotatable bonds is 3. The zero-order valence-corrected chi connectivity index (χ0v) is 11.7. The highest BCUT2D eigenvalue weighted by Gasteiger charge is 2.11. The van der Waals surface area contributed by atoms with Crippen LogP contribution in [-0.4, -0.2) is 21.0 Å². The molecular weight excluding hydrogens is 302 g/mol. The van der Waals surface area contributed by atoms with Crippen LogP contribution in [-0.2, 0) is 0 Å². The van der Waals surface area contributed by atoms with Crippen molar-refractivity contribution in [2.75, 3.05) is 0 Å². The summed E-state index contributed by atoms with van der Waals surface area (Å²) >= 11 is 4.73. The van der Waals surface area contributed by atoms with E-state index in [1.165, 1.54) is 11.8 Å². The highest BCUT2D eigenvalue weighted by Crippen LogP contribution is 2.30. The summed E-state index contributed by atoms with van der Waals surface area (Å²) in [6, 6.07) is 5.59. The van der Waals surface area contributed by atoms with Crippen molar-refractivity contribution in [2.24, 2.45) is 0 Å². The van der Waals surface area contributed by atoms with Crippen molar-refractivity contribution >= 4 is 33.5 Å². The molecule has 1 N–H and O–H groups in total. The molecule has 6 heteroatoms. The molecule has 0 spiro atoms. The maximum absolute atomic E-state index is 11.5. The number of nitrogens with zero attached hydrogens (tertiary/aromatic N) is 2. The number of ketones is 1. The molecular formula is C11H10BrN3OS. The average molecular weight is 312 g/mol. The van der Waals surface area contributed by atoms with E-state index < -0.39 is 0 Å². The lowest BCUT2D eigenvalue weighted by Crippen LogP contribution is -1.95. The molecule has 0 amide bonds. The molecule has 0 saturated heterocycles. The van der Waals surface area contributed by atoms with Crippen LogP contribution in [0.25, 0.3) is 0 Å². The largest absolute Gasteiger partial charge is 0.294 e. The maximum atomic E-state index is 11.5. The van der Waals surface area contributed by atoms with Crippen molar-refractivity contribution in [1.82, 2.24) is 15.2 Å². The Balaban J connectivity index is 2.35. The maximum Gasteiger partial charge on any atom is 0.213 e. The van der Waals surface area contributed by atoms with Gasteiger partial charge >= 0.3 is 0 Å². The van der Waals surface area contributed by atoms with Gasteiger partial charge in [0.2, 0.25) is 5.16 Å². The van der Waals surface area contributed by atoms with Gasteiger partial charge in [-0.05, 0) is 43.8 Å². The lowest BCUT2D eigenvalue weighted by molar-refractivity contribution is 0.101. The summed E-state index contributed by atoms with van der Waals surface area (Å²) in [6.45, 7) is 3.39. The third kappa shape index (κ3) is 2.95. The third-order valence-electron chi connectivity index (χ3n) is 2.10. The summed E-state index contributed by atoms with van der Waals surface area (Å²) in [7, 11) is 0. The zero-order valence-electron chi connectivity index (χ0n) is 9.32. The smallest absolute Gasteiger partial charge is 0.213 e. The Morgan fingerprint density at radius 1 is 1.47 bits per heavy atom. The van der Waals surface area contributed by atoms with Crippen molar-refractivity contribution in [3.05, 3.63) is 34.1 Å². The van der Waals surface area contributed by atoms with Crippen LogP contribution in [0.1, 0.15) is 23.1 Å². The van der Waals surface area contributed by atoms with Gasteiger partial charge in [-0.1, -0.05) is 15.9 Å². The van der Waals surface area contributed by atoms with E-state index in [4.69, 9.17) is 0 Å². The summed E-state index contributed by atoms with van der Waals surface area (Å²) in [4.78, 5) is 16.6. The first kappa shape index (κ1) is 12.3. The Bertz CT molecular complexity index is 568. The predicted octanol–water partition coefficient (Wildman–Crippen LogP) is 3.23. The van der Waals surface area contributed by atoms with Gasteiger partial charge in [0.05, 0.1) is 0 Å². The van der Waals surface area contributed by atoms with Crippen molar-refractivity contribution in [3.8, 4) is 0 Å². The first-order valence-corrected chi connectivity index (χ1v) is 6.54. The Hall–Kier alpha value is -1.14. The number of hydrogen-bond acceptors (Lipinski definition) is 4. The van der Waals surface area contributed by atoms with Crippen LogP contribution in [0.2, 0.25) is 0 Å². The summed E-state index contributed by atoms with van der Waals surface area (Å²) in [5.74, 6) is 0.787. The van der Waals surface area contributed by atoms with Crippen LogP contribution in [0, 0.1) is 6.92 Å². The molecule has 1 aromatic carbocycles. The average Bonchev–Trinajstić information content (AvgIpc) is 2.66. The number of hydrogen-bond donors (Lipinski definition) is 1. The number of H-pyrrole nitrogens is 1. The minimum absolute atomic E-state index is 0.0288. The Morgan fingerprint density at radius 2 is 2.24 bits per heavy atom. The third-order valence-corrected chi connectivity index (χ3v) is 3.53. The highest BCUT2D eigenvalue weighted by molar-refractivity contribution is 9.10. The van der Waals surface area contributed by atoms with Crippen molar-refractivity contribution in [2.45, 2.75) is 23.9 Å². The molecule has 0 unspecified atom stereocenters. The number of carbonyl (C=O) groups is 1. The molecule has 1 heterocycles. The molecule has 17 heavy (non-hydrogen) atoms. The molecule has 4 nitrogen and oxygen atoms in total. The first-order chi connectivity index (χ1) is 8.06.